The summed E-state index contributed by atoms with van der Waals surface area (Å²) >= 11 is 0. The molecule has 0 aliphatic rings. The van der Waals surface area contributed by atoms with E-state index in [4.69, 9.17) is 10.5 Å². The van der Waals surface area contributed by atoms with E-state index in [0.29, 0.717) is 34.9 Å². The van der Waals surface area contributed by atoms with E-state index in [-0.39, 0.29) is 18.2 Å². The van der Waals surface area contributed by atoms with Gasteiger partial charge in [-0.05, 0) is 43.7 Å². The number of aryl methyl sites for hydroxylation is 1. The van der Waals surface area contributed by atoms with Crippen molar-refractivity contribution in [2.24, 2.45) is 5.73 Å². The zero-order valence-corrected chi connectivity index (χ0v) is 17.0. The molecule has 0 unspecified atom stereocenters. The van der Waals surface area contributed by atoms with Crippen LogP contribution in [-0.4, -0.2) is 33.1 Å². The Labute approximate surface area is 177 Å². The Bertz CT molecular complexity index is 1140. The van der Waals surface area contributed by atoms with Gasteiger partial charge in [0.1, 0.15) is 17.1 Å². The predicted molar refractivity (Wildman–Crippen MR) is 113 cm³/mol. The fraction of sp³-hybridized carbons (Fsp3) is 0.190. The highest BCUT2D eigenvalue weighted by atomic mass is 16.6. The molecule has 0 saturated heterocycles. The Balaban J connectivity index is 1.67. The van der Waals surface area contributed by atoms with Crippen molar-refractivity contribution in [3.05, 3.63) is 81.2 Å². The van der Waals surface area contributed by atoms with Gasteiger partial charge < -0.3 is 15.8 Å². The molecule has 3 aromatic rings. The number of nitrogens with one attached hydrogen (secondary N) is 1. The number of rotatable bonds is 8. The smallest absolute Gasteiger partial charge is 0.312 e. The van der Waals surface area contributed by atoms with Crippen LogP contribution in [0.25, 0.3) is 0 Å². The van der Waals surface area contributed by atoms with Crippen molar-refractivity contribution in [3.63, 3.8) is 0 Å². The second-order valence-corrected chi connectivity index (χ2v) is 6.87. The van der Waals surface area contributed by atoms with Crippen LogP contribution >= 0.6 is 0 Å². The fourth-order valence-electron chi connectivity index (χ4n) is 3.06. The van der Waals surface area contributed by atoms with Gasteiger partial charge in [0.15, 0.2) is 6.61 Å². The largest absolute Gasteiger partial charge is 0.484 e. The molecular formula is C21H21N5O5. The molecule has 0 aliphatic carbocycles. The maximum absolute atomic E-state index is 12.5. The molecule has 2 aromatic carbocycles. The molecule has 160 valence electrons. The third kappa shape index (κ3) is 5.24. The number of ether oxygens (including phenoxy) is 1. The van der Waals surface area contributed by atoms with Crippen LogP contribution in [-0.2, 0) is 11.3 Å². The second-order valence-electron chi connectivity index (χ2n) is 6.87. The summed E-state index contributed by atoms with van der Waals surface area (Å²) < 4.78 is 6.80. The standard InChI is InChI=1S/C21H21N5O5/c1-13-20(26(29)30)14(2)25(24-13)11-15-6-8-16(9-7-15)21(28)23-17-4-3-5-18(10-17)31-12-19(22)27/h3-10H,11-12H2,1-2H3,(H2,22,27)(H,23,28). The van der Waals surface area contributed by atoms with Gasteiger partial charge in [0.2, 0.25) is 0 Å². The van der Waals surface area contributed by atoms with Crippen molar-refractivity contribution in [2.75, 3.05) is 11.9 Å². The Hall–Kier alpha value is -4.21. The van der Waals surface area contributed by atoms with Crippen LogP contribution in [0.1, 0.15) is 27.3 Å². The monoisotopic (exact) mass is 423 g/mol. The summed E-state index contributed by atoms with van der Waals surface area (Å²) in [6, 6.07) is 13.5. The van der Waals surface area contributed by atoms with Gasteiger partial charge in [-0.25, -0.2) is 0 Å². The minimum Gasteiger partial charge on any atom is -0.484 e. The molecule has 0 fully saturated rings. The fourth-order valence-corrected chi connectivity index (χ4v) is 3.06. The van der Waals surface area contributed by atoms with Crippen LogP contribution in [0, 0.1) is 24.0 Å². The number of hydrogen-bond acceptors (Lipinski definition) is 6. The number of nitro groups is 1. The number of hydrogen-bond donors (Lipinski definition) is 2. The lowest BCUT2D eigenvalue weighted by Crippen LogP contribution is -2.20. The van der Waals surface area contributed by atoms with Gasteiger partial charge in [0.05, 0.1) is 11.5 Å². The van der Waals surface area contributed by atoms with Crippen molar-refractivity contribution in [3.8, 4) is 5.75 Å². The quantitative estimate of drug-likeness (QED) is 0.421. The van der Waals surface area contributed by atoms with E-state index in [2.05, 4.69) is 10.4 Å². The molecule has 2 amide bonds. The number of benzene rings is 2. The Morgan fingerprint density at radius 1 is 1.19 bits per heavy atom. The summed E-state index contributed by atoms with van der Waals surface area (Å²) in [7, 11) is 0. The van der Waals surface area contributed by atoms with Gasteiger partial charge >= 0.3 is 5.69 Å². The van der Waals surface area contributed by atoms with Crippen LogP contribution in [0.3, 0.4) is 0 Å². The van der Waals surface area contributed by atoms with Gasteiger partial charge in [-0.3, -0.25) is 24.4 Å². The maximum atomic E-state index is 12.5. The molecule has 1 heterocycles. The Kier molecular flexibility index (Phi) is 6.29. The van der Waals surface area contributed by atoms with Crippen LogP contribution in [0.4, 0.5) is 11.4 Å². The molecule has 3 rings (SSSR count). The van der Waals surface area contributed by atoms with Crippen LogP contribution < -0.4 is 15.8 Å². The minimum absolute atomic E-state index is 0.0121. The normalized spacial score (nSPS) is 10.5. The average Bonchev–Trinajstić information content (AvgIpc) is 3.00. The van der Waals surface area contributed by atoms with E-state index in [0.717, 1.165) is 5.56 Å². The van der Waals surface area contributed by atoms with E-state index >= 15 is 0 Å². The lowest BCUT2D eigenvalue weighted by Gasteiger charge is -2.09. The molecule has 0 aliphatic heterocycles. The predicted octanol–water partition coefficient (Wildman–Crippen LogP) is 2.57. The van der Waals surface area contributed by atoms with Crippen LogP contribution in [0.15, 0.2) is 48.5 Å². The van der Waals surface area contributed by atoms with Crippen molar-refractivity contribution >= 4 is 23.2 Å². The zero-order chi connectivity index (χ0) is 22.5. The lowest BCUT2D eigenvalue weighted by atomic mass is 10.1. The number of primary amides is 1. The van der Waals surface area contributed by atoms with E-state index < -0.39 is 10.8 Å². The van der Waals surface area contributed by atoms with Gasteiger partial charge in [0, 0.05) is 17.3 Å². The molecule has 10 heteroatoms. The van der Waals surface area contributed by atoms with Crippen molar-refractivity contribution in [2.45, 2.75) is 20.4 Å². The van der Waals surface area contributed by atoms with E-state index in [1.54, 1.807) is 67.1 Å². The summed E-state index contributed by atoms with van der Waals surface area (Å²) in [5.41, 5.74) is 7.69. The summed E-state index contributed by atoms with van der Waals surface area (Å²) in [5, 5.41) is 18.1. The van der Waals surface area contributed by atoms with E-state index in [1.165, 1.54) is 0 Å². The first-order valence-electron chi connectivity index (χ1n) is 9.34. The number of nitrogens with two attached hydrogens (primary N) is 1. The minimum atomic E-state index is -0.593. The highest BCUT2D eigenvalue weighted by molar-refractivity contribution is 6.04. The van der Waals surface area contributed by atoms with Crippen LogP contribution in [0.2, 0.25) is 0 Å². The van der Waals surface area contributed by atoms with Crippen LogP contribution in [0.5, 0.6) is 5.75 Å². The first kappa shape index (κ1) is 21.5. The van der Waals surface area contributed by atoms with Gasteiger partial charge in [-0.15, -0.1) is 0 Å². The third-order valence-corrected chi connectivity index (χ3v) is 4.55. The van der Waals surface area contributed by atoms with Gasteiger partial charge in [0.25, 0.3) is 11.8 Å². The van der Waals surface area contributed by atoms with Crippen molar-refractivity contribution in [1.82, 2.24) is 9.78 Å². The SMILES string of the molecule is Cc1nn(Cc2ccc(C(=O)Nc3cccc(OCC(N)=O)c3)cc2)c(C)c1[N+](=O)[O-]. The first-order chi connectivity index (χ1) is 14.7. The number of aromatic nitrogens is 2. The number of nitrogens with zero attached hydrogens (tertiary/aromatic N) is 3. The summed E-state index contributed by atoms with van der Waals surface area (Å²) in [6.45, 7) is 3.35. The number of carbonyl (C=O) groups is 2. The van der Waals surface area contributed by atoms with Gasteiger partial charge in [-0.2, -0.15) is 5.10 Å². The molecule has 1 aromatic heterocycles. The molecular weight excluding hydrogens is 402 g/mol. The molecule has 0 spiro atoms. The molecule has 3 N–H and O–H groups in total. The summed E-state index contributed by atoms with van der Waals surface area (Å²) in [4.78, 5) is 34.1. The second kappa shape index (κ2) is 9.08. The van der Waals surface area contributed by atoms with E-state index in [9.17, 15) is 19.7 Å². The molecule has 0 bridgehead atoms. The van der Waals surface area contributed by atoms with Crippen molar-refractivity contribution < 1.29 is 19.2 Å². The van der Waals surface area contributed by atoms with Crippen molar-refractivity contribution in [1.29, 1.82) is 0 Å². The Morgan fingerprint density at radius 2 is 1.90 bits per heavy atom. The molecule has 31 heavy (non-hydrogen) atoms. The highest BCUT2D eigenvalue weighted by Crippen LogP contribution is 2.23. The lowest BCUT2D eigenvalue weighted by molar-refractivity contribution is -0.386. The van der Waals surface area contributed by atoms with Gasteiger partial charge in [-0.1, -0.05) is 18.2 Å². The molecule has 10 nitrogen and oxygen atoms in total. The summed E-state index contributed by atoms with van der Waals surface area (Å²) in [6.07, 6.45) is 0. The summed E-state index contributed by atoms with van der Waals surface area (Å²) in [5.74, 6) is -0.504. The third-order valence-electron chi connectivity index (χ3n) is 4.55. The number of carbonyl (C=O) groups excluding carboxylic acids is 2. The number of anilines is 1. The Morgan fingerprint density at radius 3 is 2.52 bits per heavy atom. The first-order valence-corrected chi connectivity index (χ1v) is 9.34. The van der Waals surface area contributed by atoms with E-state index in [1.807, 2.05) is 0 Å². The molecule has 0 saturated carbocycles. The molecule has 0 atom stereocenters. The maximum Gasteiger partial charge on any atom is 0.312 e. The topological polar surface area (TPSA) is 142 Å². The number of amides is 2. The zero-order valence-electron chi connectivity index (χ0n) is 17.0. The highest BCUT2D eigenvalue weighted by Gasteiger charge is 2.21. The molecule has 0 radical (unpaired) electrons. The average molecular weight is 423 g/mol.